The number of ketones is 2. The van der Waals surface area contributed by atoms with Gasteiger partial charge in [-0.25, -0.2) is 0 Å². The van der Waals surface area contributed by atoms with E-state index >= 15 is 0 Å². The van der Waals surface area contributed by atoms with Crippen molar-refractivity contribution in [3.63, 3.8) is 0 Å². The lowest BCUT2D eigenvalue weighted by Gasteiger charge is -2.20. The fourth-order valence-electron chi connectivity index (χ4n) is 5.57. The highest BCUT2D eigenvalue weighted by molar-refractivity contribution is 7.91. The topological polar surface area (TPSA) is 355 Å². The first-order valence-electron chi connectivity index (χ1n) is 17.2. The van der Waals surface area contributed by atoms with Crippen LogP contribution in [0.1, 0.15) is 33.2 Å². The number of hydrazone groups is 2. The lowest BCUT2D eigenvalue weighted by atomic mass is 9.92. The molecule has 0 atom stereocenters. The smallest absolute Gasteiger partial charge is 0.296 e. The third-order valence-corrected chi connectivity index (χ3v) is 11.0. The number of benzene rings is 4. The number of anilines is 4. The number of nitrogens with two attached hydrogens (primary N) is 1. The highest BCUT2D eigenvalue weighted by atomic mass is 32.2. The number of nitrogen functional groups attached to an aromatic ring is 1. The molecule has 62 heavy (non-hydrogen) atoms. The number of carbonyl (C=O) groups excluding carboxylic acids is 4. The van der Waals surface area contributed by atoms with Crippen molar-refractivity contribution in [2.45, 2.75) is 16.7 Å². The van der Waals surface area contributed by atoms with Crippen LogP contribution in [-0.4, -0.2) is 73.7 Å². The minimum absolute atomic E-state index is 0.00713. The Bertz CT molecular complexity index is 3110. The van der Waals surface area contributed by atoms with Crippen LogP contribution in [0.5, 0.6) is 0 Å². The zero-order valence-electron chi connectivity index (χ0n) is 31.3. The first kappa shape index (κ1) is 44.0. The number of hydrogen-bond acceptors (Lipinski definition) is 17. The van der Waals surface area contributed by atoms with Gasteiger partial charge < -0.3 is 16.4 Å². The van der Waals surface area contributed by atoms with E-state index in [0.29, 0.717) is 29.2 Å². The summed E-state index contributed by atoms with van der Waals surface area (Å²) in [5.74, 6) is -2.50. The van der Waals surface area contributed by atoms with E-state index in [-0.39, 0.29) is 34.3 Å². The second-order valence-electron chi connectivity index (χ2n) is 12.8. The van der Waals surface area contributed by atoms with Crippen molar-refractivity contribution < 1.29 is 58.1 Å². The Balaban J connectivity index is 1.21. The molecule has 0 aliphatic heterocycles. The number of amides is 2. The van der Waals surface area contributed by atoms with Crippen LogP contribution in [0.15, 0.2) is 138 Å². The van der Waals surface area contributed by atoms with Crippen LogP contribution < -0.4 is 27.2 Å². The van der Waals surface area contributed by atoms with Gasteiger partial charge in [0.25, 0.3) is 36.3 Å². The second kappa shape index (κ2) is 17.2. The predicted octanol–water partition coefficient (Wildman–Crippen LogP) is 4.25. The fraction of sp³-hybridized carbons (Fsp3) is 0.0270. The minimum atomic E-state index is -5.23. The third-order valence-electron chi connectivity index (χ3n) is 8.42. The van der Waals surface area contributed by atoms with E-state index in [1.165, 1.54) is 49.4 Å². The van der Waals surface area contributed by atoms with Gasteiger partial charge in [-0.05, 0) is 103 Å². The van der Waals surface area contributed by atoms with Gasteiger partial charge in [-0.3, -0.25) is 43.7 Å². The first-order valence-corrected chi connectivity index (χ1v) is 21.5. The van der Waals surface area contributed by atoms with Gasteiger partial charge in [0.15, 0.2) is 11.5 Å². The maximum absolute atomic E-state index is 13.7. The van der Waals surface area contributed by atoms with E-state index in [1.807, 2.05) is 0 Å². The van der Waals surface area contributed by atoms with Crippen molar-refractivity contribution in [2.24, 2.45) is 20.4 Å². The summed E-state index contributed by atoms with van der Waals surface area (Å²) < 4.78 is 102. The molecule has 0 spiro atoms. The Labute approximate surface area is 351 Å². The van der Waals surface area contributed by atoms with Gasteiger partial charge >= 0.3 is 0 Å². The number of azo groups is 1. The van der Waals surface area contributed by atoms with Crippen LogP contribution in [0.2, 0.25) is 0 Å². The summed E-state index contributed by atoms with van der Waals surface area (Å²) in [6.07, 6.45) is 4.63. The highest BCUT2D eigenvalue weighted by Crippen LogP contribution is 2.41. The largest absolute Gasteiger partial charge is 0.396 e. The molecule has 2 aliphatic carbocycles. The molecular weight excluding hydrogens is 875 g/mol. The lowest BCUT2D eigenvalue weighted by molar-refractivity contribution is -0.118. The van der Waals surface area contributed by atoms with Crippen molar-refractivity contribution in [1.82, 2.24) is 5.32 Å². The van der Waals surface area contributed by atoms with Crippen LogP contribution in [0.25, 0.3) is 6.08 Å². The van der Waals surface area contributed by atoms with E-state index in [9.17, 15) is 58.1 Å². The average molecular weight is 904 g/mol. The van der Waals surface area contributed by atoms with Gasteiger partial charge in [0.05, 0.1) is 38.9 Å². The summed E-state index contributed by atoms with van der Waals surface area (Å²) in [6.45, 7) is 1.29. The number of nitrogens with zero attached hydrogens (tertiary/aromatic N) is 4. The fourth-order valence-corrected chi connectivity index (χ4v) is 7.38. The Kier molecular flexibility index (Phi) is 12.2. The first-order chi connectivity index (χ1) is 29.1. The second-order valence-corrected chi connectivity index (χ2v) is 17.0. The maximum Gasteiger partial charge on any atom is 0.296 e. The summed E-state index contributed by atoms with van der Waals surface area (Å²) in [6, 6.07) is 16.6. The van der Waals surface area contributed by atoms with E-state index in [4.69, 9.17) is 5.73 Å². The standard InChI is InChI=1S/C37H29N9O13S3/c1-19(47)39-29-18-26(48)12-15-28(29)44-41-24-8-6-22(7-9-24)40-37(50)20-2-4-23(5-3-20)42-45-34-30(61(54,55)56)16-21-17-31(62(57,58)59)35(36(49)32(21)33(34)38)46-43-25-10-13-27(14-11-25)60(51,52)53/h2-18,41,43H,38H2,1H3,(H,39,47)(H,40,50)(H,51,52,53)(H,54,55,56)(H,57,58,59)/b44-28+,45-42?,46-35+. The van der Waals surface area contributed by atoms with E-state index in [1.54, 1.807) is 24.3 Å². The molecule has 0 saturated carbocycles. The SMILES string of the molecule is CC(=O)NC1=CC(=O)C=C/C1=N\Nc1ccc(NC(=O)c2ccc(N=Nc3c(S(=O)(=O)O)cc4c(c3N)C(=O)/C(=N/Nc3ccc(S(=O)(=O)O)cc3)C(S(=O)(=O)O)=C4)cc2)cc1. The van der Waals surface area contributed by atoms with Gasteiger partial charge in [-0.2, -0.15) is 40.6 Å². The van der Waals surface area contributed by atoms with Crippen molar-refractivity contribution in [2.75, 3.05) is 21.9 Å². The van der Waals surface area contributed by atoms with Gasteiger partial charge in [-0.1, -0.05) is 0 Å². The molecule has 0 aromatic heterocycles. The Hall–Kier alpha value is -7.55. The van der Waals surface area contributed by atoms with Crippen LogP contribution in [0.3, 0.4) is 0 Å². The normalized spacial score (nSPS) is 15.5. The molecule has 2 amide bonds. The number of rotatable bonds is 12. The molecule has 6 rings (SSSR count). The Morgan fingerprint density at radius 1 is 0.677 bits per heavy atom. The maximum atomic E-state index is 13.7. The average Bonchev–Trinajstić information content (AvgIpc) is 3.19. The third kappa shape index (κ3) is 10.2. The van der Waals surface area contributed by atoms with E-state index in [0.717, 1.165) is 24.3 Å². The molecular formula is C37H29N9O13S3. The predicted molar refractivity (Wildman–Crippen MR) is 224 cm³/mol. The molecule has 0 heterocycles. The van der Waals surface area contributed by atoms with Gasteiger partial charge in [0.2, 0.25) is 11.7 Å². The summed E-state index contributed by atoms with van der Waals surface area (Å²) in [5.41, 5.74) is 9.57. The van der Waals surface area contributed by atoms with Gasteiger partial charge in [0.1, 0.15) is 21.2 Å². The van der Waals surface area contributed by atoms with Crippen molar-refractivity contribution in [1.29, 1.82) is 0 Å². The number of hydrogen-bond donors (Lipinski definition) is 8. The number of fused-ring (bicyclic) bond motifs is 1. The molecule has 0 radical (unpaired) electrons. The Morgan fingerprint density at radius 2 is 1.27 bits per heavy atom. The van der Waals surface area contributed by atoms with Gasteiger partial charge in [0, 0.05) is 24.3 Å². The monoisotopic (exact) mass is 903 g/mol. The van der Waals surface area contributed by atoms with Crippen molar-refractivity contribution in [3.05, 3.63) is 124 Å². The number of allylic oxidation sites excluding steroid dienone is 4. The van der Waals surface area contributed by atoms with Crippen molar-refractivity contribution >= 4 is 105 Å². The molecule has 4 aromatic carbocycles. The summed E-state index contributed by atoms with van der Waals surface area (Å²) >= 11 is 0. The number of nitrogens with one attached hydrogen (secondary N) is 4. The van der Waals surface area contributed by atoms with Crippen LogP contribution in [-0.2, 0) is 39.9 Å². The molecule has 318 valence electrons. The molecule has 25 heteroatoms. The van der Waals surface area contributed by atoms with Gasteiger partial charge in [-0.15, -0.1) is 5.11 Å². The van der Waals surface area contributed by atoms with Crippen LogP contribution >= 0.6 is 0 Å². The molecule has 0 unspecified atom stereocenters. The zero-order valence-corrected chi connectivity index (χ0v) is 33.8. The molecule has 0 bridgehead atoms. The molecule has 9 N–H and O–H groups in total. The molecule has 2 aliphatic rings. The summed E-state index contributed by atoms with van der Waals surface area (Å²) in [5, 5.41) is 21.0. The number of carbonyl (C=O) groups is 4. The molecule has 22 nitrogen and oxygen atoms in total. The minimum Gasteiger partial charge on any atom is -0.396 e. The number of Topliss-reactive ketones (excluding diaryl/α,β-unsaturated/α-hetero) is 1. The zero-order chi connectivity index (χ0) is 45.1. The molecule has 4 aromatic rings. The highest BCUT2D eigenvalue weighted by Gasteiger charge is 2.37. The Morgan fingerprint density at radius 3 is 1.85 bits per heavy atom. The van der Waals surface area contributed by atoms with Crippen LogP contribution in [0, 0.1) is 0 Å². The van der Waals surface area contributed by atoms with Crippen molar-refractivity contribution in [3.8, 4) is 0 Å². The van der Waals surface area contributed by atoms with E-state index < -0.39 is 85.0 Å². The van der Waals surface area contributed by atoms with E-state index in [2.05, 4.69) is 41.9 Å². The summed E-state index contributed by atoms with van der Waals surface area (Å²) in [4.78, 5) is 47.4. The van der Waals surface area contributed by atoms with Crippen LogP contribution in [0.4, 0.5) is 34.1 Å². The lowest BCUT2D eigenvalue weighted by Crippen LogP contribution is -2.28. The summed E-state index contributed by atoms with van der Waals surface area (Å²) in [7, 11) is -15.0. The molecule has 0 fully saturated rings. The molecule has 0 saturated heterocycles. The quantitative estimate of drug-likeness (QED) is 0.0324.